The first kappa shape index (κ1) is 19.5. The zero-order valence-electron chi connectivity index (χ0n) is 15.4. The van der Waals surface area contributed by atoms with Gasteiger partial charge in [-0.05, 0) is 31.4 Å². The third kappa shape index (κ3) is 6.92. The number of aliphatic hydroxyl groups excluding tert-OH is 1. The Morgan fingerprint density at radius 3 is 2.48 bits per heavy atom. The average Bonchev–Trinajstić information content (AvgIpc) is 2.61. The second kappa shape index (κ2) is 10.3. The van der Waals surface area contributed by atoms with Crippen molar-refractivity contribution in [2.75, 3.05) is 50.8 Å². The van der Waals surface area contributed by atoms with Gasteiger partial charge in [0.25, 0.3) is 0 Å². The predicted molar refractivity (Wildman–Crippen MR) is 102 cm³/mol. The van der Waals surface area contributed by atoms with Gasteiger partial charge in [-0.25, -0.2) is 4.79 Å². The van der Waals surface area contributed by atoms with Crippen LogP contribution in [0.4, 0.5) is 10.5 Å². The van der Waals surface area contributed by atoms with E-state index in [0.29, 0.717) is 13.0 Å². The van der Waals surface area contributed by atoms with Crippen molar-refractivity contribution in [1.82, 2.24) is 15.5 Å². The van der Waals surface area contributed by atoms with Crippen LogP contribution in [0.15, 0.2) is 30.3 Å². The maximum Gasteiger partial charge on any atom is 0.315 e. The number of urea groups is 1. The number of anilines is 1. The molecule has 0 spiro atoms. The molecule has 1 aromatic rings. The van der Waals surface area contributed by atoms with Crippen LogP contribution in [0, 0.1) is 5.92 Å². The normalized spacial score (nSPS) is 17.8. The van der Waals surface area contributed by atoms with Crippen LogP contribution in [0.2, 0.25) is 0 Å². The molecule has 2 amide bonds. The topological polar surface area (TPSA) is 67.8 Å². The molecule has 0 aromatic heterocycles. The van der Waals surface area contributed by atoms with Crippen molar-refractivity contribution in [3.05, 3.63) is 30.3 Å². The smallest absolute Gasteiger partial charge is 0.315 e. The highest BCUT2D eigenvalue weighted by Crippen LogP contribution is 2.15. The Hall–Kier alpha value is -1.79. The van der Waals surface area contributed by atoms with E-state index < -0.39 is 0 Å². The number of nitrogens with one attached hydrogen (secondary N) is 2. The van der Waals surface area contributed by atoms with Crippen LogP contribution in [0.1, 0.15) is 20.3 Å². The molecule has 1 saturated heterocycles. The zero-order valence-corrected chi connectivity index (χ0v) is 15.4. The van der Waals surface area contributed by atoms with Crippen molar-refractivity contribution in [2.45, 2.75) is 26.3 Å². The summed E-state index contributed by atoms with van der Waals surface area (Å²) in [6.45, 7) is 9.73. The Labute approximate surface area is 151 Å². The van der Waals surface area contributed by atoms with Crippen molar-refractivity contribution in [3.8, 4) is 0 Å². The van der Waals surface area contributed by atoms with Gasteiger partial charge in [-0.3, -0.25) is 4.90 Å². The predicted octanol–water partition coefficient (Wildman–Crippen LogP) is 1.51. The summed E-state index contributed by atoms with van der Waals surface area (Å²) in [4.78, 5) is 16.7. The van der Waals surface area contributed by atoms with E-state index in [4.69, 9.17) is 5.11 Å². The number of aliphatic hydroxyl groups is 1. The van der Waals surface area contributed by atoms with Crippen molar-refractivity contribution in [2.24, 2.45) is 5.92 Å². The number of nitrogens with zero attached hydrogens (tertiary/aromatic N) is 2. The molecule has 2 atom stereocenters. The Morgan fingerprint density at radius 1 is 1.16 bits per heavy atom. The highest BCUT2D eigenvalue weighted by atomic mass is 16.3. The lowest BCUT2D eigenvalue weighted by Gasteiger charge is -2.37. The van der Waals surface area contributed by atoms with Crippen molar-refractivity contribution >= 4 is 11.7 Å². The lowest BCUT2D eigenvalue weighted by molar-refractivity contribution is 0.215. The number of piperazine rings is 1. The molecule has 1 aliphatic heterocycles. The first-order chi connectivity index (χ1) is 12.1. The Bertz CT molecular complexity index is 503. The Morgan fingerprint density at radius 2 is 1.84 bits per heavy atom. The van der Waals surface area contributed by atoms with Gasteiger partial charge in [0.1, 0.15) is 0 Å². The molecule has 25 heavy (non-hydrogen) atoms. The lowest BCUT2D eigenvalue weighted by Crippen LogP contribution is -2.52. The second-order valence-electron chi connectivity index (χ2n) is 7.00. The lowest BCUT2D eigenvalue weighted by atomic mass is 10.1. The van der Waals surface area contributed by atoms with E-state index in [1.807, 2.05) is 19.9 Å². The van der Waals surface area contributed by atoms with Gasteiger partial charge in [-0.2, -0.15) is 0 Å². The number of benzene rings is 1. The van der Waals surface area contributed by atoms with Gasteiger partial charge < -0.3 is 20.6 Å². The standard InChI is InChI=1S/C19H32N4O2/c1-16(8-13-24)14-20-19(25)21-17(2)15-22-9-11-23(12-10-22)18-6-4-3-5-7-18/h3-7,16-17,24H,8-15H2,1-2H3,(H2,20,21,25). The molecule has 140 valence electrons. The van der Waals surface area contributed by atoms with Crippen LogP contribution in [-0.4, -0.2) is 68.0 Å². The molecular weight excluding hydrogens is 316 g/mol. The van der Waals surface area contributed by atoms with E-state index in [-0.39, 0.29) is 24.6 Å². The molecule has 0 radical (unpaired) electrons. The number of carbonyl (C=O) groups is 1. The molecular formula is C19H32N4O2. The third-order valence-electron chi connectivity index (χ3n) is 4.64. The van der Waals surface area contributed by atoms with Crippen LogP contribution < -0.4 is 15.5 Å². The quantitative estimate of drug-likeness (QED) is 0.666. The molecule has 1 aliphatic rings. The van der Waals surface area contributed by atoms with Crippen LogP contribution in [0.25, 0.3) is 0 Å². The summed E-state index contributed by atoms with van der Waals surface area (Å²) in [6, 6.07) is 10.5. The average molecular weight is 348 g/mol. The van der Waals surface area contributed by atoms with E-state index >= 15 is 0 Å². The molecule has 2 unspecified atom stereocenters. The molecule has 0 saturated carbocycles. The highest BCUT2D eigenvalue weighted by molar-refractivity contribution is 5.74. The molecule has 1 aromatic carbocycles. The van der Waals surface area contributed by atoms with Crippen LogP contribution in [0.3, 0.4) is 0 Å². The fourth-order valence-electron chi connectivity index (χ4n) is 3.12. The minimum atomic E-state index is -0.125. The Balaban J connectivity index is 1.65. The number of hydrogen-bond acceptors (Lipinski definition) is 4. The molecule has 2 rings (SSSR count). The van der Waals surface area contributed by atoms with E-state index in [9.17, 15) is 4.79 Å². The molecule has 1 heterocycles. The Kier molecular flexibility index (Phi) is 8.01. The summed E-state index contributed by atoms with van der Waals surface area (Å²) >= 11 is 0. The van der Waals surface area contributed by atoms with Gasteiger partial charge in [-0.15, -0.1) is 0 Å². The summed E-state index contributed by atoms with van der Waals surface area (Å²) in [5, 5.41) is 14.8. The minimum absolute atomic E-state index is 0.108. The minimum Gasteiger partial charge on any atom is -0.396 e. The third-order valence-corrected chi connectivity index (χ3v) is 4.64. The van der Waals surface area contributed by atoms with Gasteiger partial charge in [0.15, 0.2) is 0 Å². The van der Waals surface area contributed by atoms with Gasteiger partial charge >= 0.3 is 6.03 Å². The molecule has 1 fully saturated rings. The largest absolute Gasteiger partial charge is 0.396 e. The molecule has 0 bridgehead atoms. The number of para-hydroxylation sites is 1. The van der Waals surface area contributed by atoms with Gasteiger partial charge in [-0.1, -0.05) is 25.1 Å². The SMILES string of the molecule is CC(CCO)CNC(=O)NC(C)CN1CCN(c2ccccc2)CC1. The van der Waals surface area contributed by atoms with Gasteiger partial charge in [0.2, 0.25) is 0 Å². The number of rotatable bonds is 8. The zero-order chi connectivity index (χ0) is 18.1. The molecule has 0 aliphatic carbocycles. The summed E-state index contributed by atoms with van der Waals surface area (Å²) in [6.07, 6.45) is 0.710. The maximum atomic E-state index is 11.9. The van der Waals surface area contributed by atoms with E-state index in [1.54, 1.807) is 0 Å². The van der Waals surface area contributed by atoms with E-state index in [0.717, 1.165) is 32.7 Å². The first-order valence-corrected chi connectivity index (χ1v) is 9.26. The van der Waals surface area contributed by atoms with Crippen molar-refractivity contribution < 1.29 is 9.90 Å². The highest BCUT2D eigenvalue weighted by Gasteiger charge is 2.19. The fraction of sp³-hybridized carbons (Fsp3) is 0.632. The molecule has 6 heteroatoms. The van der Waals surface area contributed by atoms with E-state index in [2.05, 4.69) is 44.7 Å². The van der Waals surface area contributed by atoms with E-state index in [1.165, 1.54) is 5.69 Å². The summed E-state index contributed by atoms with van der Waals surface area (Å²) in [7, 11) is 0. The molecule has 6 nitrogen and oxygen atoms in total. The summed E-state index contributed by atoms with van der Waals surface area (Å²) < 4.78 is 0. The summed E-state index contributed by atoms with van der Waals surface area (Å²) in [5.74, 6) is 0.289. The van der Waals surface area contributed by atoms with Crippen LogP contribution in [-0.2, 0) is 0 Å². The summed E-state index contributed by atoms with van der Waals surface area (Å²) in [5.41, 5.74) is 1.28. The number of carbonyl (C=O) groups excluding carboxylic acids is 1. The first-order valence-electron chi connectivity index (χ1n) is 9.26. The fourth-order valence-corrected chi connectivity index (χ4v) is 3.12. The van der Waals surface area contributed by atoms with Gasteiger partial charge in [0, 0.05) is 57.6 Å². The van der Waals surface area contributed by atoms with Gasteiger partial charge in [0.05, 0.1) is 0 Å². The molecule has 3 N–H and O–H groups in total. The number of amides is 2. The monoisotopic (exact) mass is 348 g/mol. The van der Waals surface area contributed by atoms with Crippen LogP contribution >= 0.6 is 0 Å². The maximum absolute atomic E-state index is 11.9. The number of hydrogen-bond donors (Lipinski definition) is 3. The van der Waals surface area contributed by atoms with Crippen molar-refractivity contribution in [1.29, 1.82) is 0 Å². The second-order valence-corrected chi connectivity index (χ2v) is 7.00. The van der Waals surface area contributed by atoms with Crippen molar-refractivity contribution in [3.63, 3.8) is 0 Å². The van der Waals surface area contributed by atoms with Crippen LogP contribution in [0.5, 0.6) is 0 Å².